The first-order valence-electron chi connectivity index (χ1n) is 9.02. The number of nitrogens with zero attached hydrogens (tertiary/aromatic N) is 1. The van der Waals surface area contributed by atoms with Gasteiger partial charge in [0.05, 0.1) is 4.90 Å². The summed E-state index contributed by atoms with van der Waals surface area (Å²) >= 11 is 0. The number of furan rings is 1. The number of hydrogen-bond donors (Lipinski definition) is 1. The maximum atomic E-state index is 13.0. The van der Waals surface area contributed by atoms with Crippen LogP contribution in [0.1, 0.15) is 39.7 Å². The van der Waals surface area contributed by atoms with Crippen molar-refractivity contribution in [2.45, 2.75) is 38.6 Å². The Morgan fingerprint density at radius 1 is 1.18 bits per heavy atom. The number of para-hydroxylation sites is 1. The molecule has 0 aliphatic rings. The summed E-state index contributed by atoms with van der Waals surface area (Å²) in [5.41, 5.74) is 3.30. The Labute approximate surface area is 165 Å². The largest absolute Gasteiger partial charge is 0.461 e. The van der Waals surface area contributed by atoms with Crippen molar-refractivity contribution < 1.29 is 17.6 Å². The third-order valence-electron chi connectivity index (χ3n) is 5.02. The highest BCUT2D eigenvalue weighted by Gasteiger charge is 2.21. The van der Waals surface area contributed by atoms with E-state index in [0.717, 1.165) is 22.3 Å². The van der Waals surface area contributed by atoms with Crippen LogP contribution in [0, 0.1) is 13.8 Å². The molecule has 1 aromatic heterocycles. The second-order valence-electron chi connectivity index (χ2n) is 6.98. The van der Waals surface area contributed by atoms with Gasteiger partial charge in [-0.1, -0.05) is 25.1 Å². The highest BCUT2D eigenvalue weighted by molar-refractivity contribution is 7.89. The number of aryl methyl sites for hydroxylation is 2. The highest BCUT2D eigenvalue weighted by Crippen LogP contribution is 2.28. The number of hydrogen-bond acceptors (Lipinski definition) is 4. The minimum Gasteiger partial charge on any atom is -0.461 e. The molecule has 6 nitrogen and oxygen atoms in total. The predicted molar refractivity (Wildman–Crippen MR) is 109 cm³/mol. The van der Waals surface area contributed by atoms with Gasteiger partial charge in [0.1, 0.15) is 11.3 Å². The van der Waals surface area contributed by atoms with E-state index in [4.69, 9.17) is 9.56 Å². The Hall–Kier alpha value is -2.64. The number of rotatable bonds is 5. The third-order valence-corrected chi connectivity index (χ3v) is 6.06. The molecule has 0 fully saturated rings. The van der Waals surface area contributed by atoms with Gasteiger partial charge in [-0.2, -0.15) is 0 Å². The van der Waals surface area contributed by atoms with Crippen molar-refractivity contribution in [1.29, 1.82) is 0 Å². The van der Waals surface area contributed by atoms with Gasteiger partial charge in [0.15, 0.2) is 0 Å². The van der Waals surface area contributed by atoms with Crippen LogP contribution in [0.15, 0.2) is 45.7 Å². The molecule has 7 heteroatoms. The summed E-state index contributed by atoms with van der Waals surface area (Å²) in [6.07, 6.45) is 0.714. The van der Waals surface area contributed by atoms with Gasteiger partial charge in [-0.25, -0.2) is 13.6 Å². The molecule has 0 unspecified atom stereocenters. The van der Waals surface area contributed by atoms with Crippen LogP contribution >= 0.6 is 0 Å². The normalized spacial score (nSPS) is 11.8. The Morgan fingerprint density at radius 3 is 2.50 bits per heavy atom. The van der Waals surface area contributed by atoms with Gasteiger partial charge in [-0.3, -0.25) is 4.79 Å². The Bertz CT molecular complexity index is 1160. The van der Waals surface area contributed by atoms with Gasteiger partial charge >= 0.3 is 0 Å². The molecule has 3 aromatic rings. The van der Waals surface area contributed by atoms with E-state index in [1.807, 2.05) is 31.2 Å². The second kappa shape index (κ2) is 7.41. The summed E-state index contributed by atoms with van der Waals surface area (Å²) in [5, 5.41) is 6.29. The van der Waals surface area contributed by atoms with Crippen LogP contribution in [0.3, 0.4) is 0 Å². The van der Waals surface area contributed by atoms with Crippen LogP contribution in [0.25, 0.3) is 11.0 Å². The summed E-state index contributed by atoms with van der Waals surface area (Å²) in [4.78, 5) is 14.6. The molecule has 1 amide bonds. The first-order chi connectivity index (χ1) is 13.1. The van der Waals surface area contributed by atoms with Crippen molar-refractivity contribution in [3.8, 4) is 0 Å². The van der Waals surface area contributed by atoms with Crippen LogP contribution in [-0.4, -0.2) is 26.3 Å². The van der Waals surface area contributed by atoms with E-state index in [2.05, 4.69) is 0 Å². The maximum Gasteiger partial charge on any atom is 0.253 e. The van der Waals surface area contributed by atoms with Crippen LogP contribution in [0.2, 0.25) is 0 Å². The van der Waals surface area contributed by atoms with Gasteiger partial charge in [0.25, 0.3) is 5.91 Å². The number of benzene rings is 2. The molecule has 0 aliphatic heterocycles. The van der Waals surface area contributed by atoms with Crippen LogP contribution in [0.5, 0.6) is 0 Å². The topological polar surface area (TPSA) is 93.6 Å². The van der Waals surface area contributed by atoms with E-state index < -0.39 is 10.0 Å². The molecular weight excluding hydrogens is 376 g/mol. The lowest BCUT2D eigenvalue weighted by Gasteiger charge is -2.19. The fraction of sp³-hybridized carbons (Fsp3) is 0.286. The fourth-order valence-electron chi connectivity index (χ4n) is 3.38. The molecule has 0 saturated heterocycles. The van der Waals surface area contributed by atoms with Crippen molar-refractivity contribution >= 4 is 26.9 Å². The fourth-order valence-corrected chi connectivity index (χ4v) is 4.26. The lowest BCUT2D eigenvalue weighted by Crippen LogP contribution is -2.27. The average Bonchev–Trinajstić information content (AvgIpc) is 3.00. The number of nitrogens with two attached hydrogens (primary N) is 1. The second-order valence-corrected chi connectivity index (χ2v) is 8.51. The number of amides is 1. The van der Waals surface area contributed by atoms with Gasteiger partial charge in [0.2, 0.25) is 10.0 Å². The zero-order chi connectivity index (χ0) is 20.6. The monoisotopic (exact) mass is 400 g/mol. The van der Waals surface area contributed by atoms with E-state index in [-0.39, 0.29) is 10.8 Å². The maximum absolute atomic E-state index is 13.0. The number of fused-ring (bicyclic) bond motifs is 1. The highest BCUT2D eigenvalue weighted by atomic mass is 32.2. The summed E-state index contributed by atoms with van der Waals surface area (Å²) in [5.74, 6) is 0.562. The first-order valence-corrected chi connectivity index (χ1v) is 10.6. The summed E-state index contributed by atoms with van der Waals surface area (Å²) < 4.78 is 29.7. The standard InChI is InChI=1S/C21H24N2O4S/c1-5-18-17(16-8-6-7-9-19(16)27-18)12-23(4)21(24)15-10-13(2)14(3)20(11-15)28(22,25)26/h6-11H,5,12H2,1-4H3,(H2,22,25,26). The molecule has 0 radical (unpaired) electrons. The van der Waals surface area contributed by atoms with E-state index in [9.17, 15) is 13.2 Å². The molecule has 3 rings (SSSR count). The van der Waals surface area contributed by atoms with E-state index in [1.165, 1.54) is 6.07 Å². The smallest absolute Gasteiger partial charge is 0.253 e. The summed E-state index contributed by atoms with van der Waals surface area (Å²) in [6, 6.07) is 10.8. The number of primary sulfonamides is 1. The average molecular weight is 401 g/mol. The van der Waals surface area contributed by atoms with E-state index in [1.54, 1.807) is 31.9 Å². The molecule has 148 valence electrons. The number of carbonyl (C=O) groups excluding carboxylic acids is 1. The van der Waals surface area contributed by atoms with Crippen molar-refractivity contribution in [3.63, 3.8) is 0 Å². The SMILES string of the molecule is CCc1oc2ccccc2c1CN(C)C(=O)c1cc(C)c(C)c(S(N)(=O)=O)c1. The number of sulfonamides is 1. The lowest BCUT2D eigenvalue weighted by molar-refractivity contribution is 0.0784. The van der Waals surface area contributed by atoms with Gasteiger partial charge in [0, 0.05) is 36.5 Å². The van der Waals surface area contributed by atoms with Crippen LogP contribution < -0.4 is 5.14 Å². The summed E-state index contributed by atoms with van der Waals surface area (Å²) in [6.45, 7) is 5.80. The van der Waals surface area contributed by atoms with Gasteiger partial charge in [-0.05, 0) is 43.2 Å². The Morgan fingerprint density at radius 2 is 1.86 bits per heavy atom. The van der Waals surface area contributed by atoms with E-state index in [0.29, 0.717) is 29.7 Å². The molecule has 0 aliphatic carbocycles. The Balaban J connectivity index is 1.98. The molecule has 0 bridgehead atoms. The minimum atomic E-state index is -3.91. The van der Waals surface area contributed by atoms with Gasteiger partial charge < -0.3 is 9.32 Å². The van der Waals surface area contributed by atoms with Crippen molar-refractivity contribution in [2.75, 3.05) is 7.05 Å². The molecule has 0 atom stereocenters. The molecule has 2 aromatic carbocycles. The van der Waals surface area contributed by atoms with Crippen LogP contribution in [0.4, 0.5) is 0 Å². The zero-order valence-electron chi connectivity index (χ0n) is 16.4. The number of carbonyl (C=O) groups is 1. The van der Waals surface area contributed by atoms with Crippen molar-refractivity contribution in [1.82, 2.24) is 4.90 Å². The molecule has 1 heterocycles. The third kappa shape index (κ3) is 3.68. The molecule has 2 N–H and O–H groups in total. The molecule has 0 saturated carbocycles. The predicted octanol–water partition coefficient (Wildman–Crippen LogP) is 3.53. The lowest BCUT2D eigenvalue weighted by atomic mass is 10.0. The quantitative estimate of drug-likeness (QED) is 0.709. The minimum absolute atomic E-state index is 0.0211. The van der Waals surface area contributed by atoms with E-state index >= 15 is 0 Å². The molecule has 0 spiro atoms. The molecule has 28 heavy (non-hydrogen) atoms. The molecular formula is C21H24N2O4S. The Kier molecular flexibility index (Phi) is 5.32. The summed E-state index contributed by atoms with van der Waals surface area (Å²) in [7, 11) is -2.22. The van der Waals surface area contributed by atoms with Crippen molar-refractivity contribution in [2.24, 2.45) is 5.14 Å². The first kappa shape index (κ1) is 20.1. The van der Waals surface area contributed by atoms with Crippen LogP contribution in [-0.2, 0) is 23.0 Å². The zero-order valence-corrected chi connectivity index (χ0v) is 17.3. The van der Waals surface area contributed by atoms with Gasteiger partial charge in [-0.15, -0.1) is 0 Å². The van der Waals surface area contributed by atoms with Crippen molar-refractivity contribution in [3.05, 3.63) is 64.4 Å².